The highest BCUT2D eigenvalue weighted by molar-refractivity contribution is 6.04. The maximum atomic E-state index is 13.2. The summed E-state index contributed by atoms with van der Waals surface area (Å²) in [5.74, 6) is -0.316. The number of aryl methyl sites for hydroxylation is 1. The molecule has 2 amide bonds. The summed E-state index contributed by atoms with van der Waals surface area (Å²) in [7, 11) is 1.53. The first-order valence-electron chi connectivity index (χ1n) is 12.6. The zero-order valence-electron chi connectivity index (χ0n) is 21.9. The molecule has 0 saturated carbocycles. The summed E-state index contributed by atoms with van der Waals surface area (Å²) in [6.07, 6.45) is 1.33. The fourth-order valence-corrected chi connectivity index (χ4v) is 4.56. The number of hydrogen-bond acceptors (Lipinski definition) is 8. The molecule has 202 valence electrons. The Kier molecular flexibility index (Phi) is 8.50. The van der Waals surface area contributed by atoms with Crippen LogP contribution in [0, 0.1) is 12.8 Å². The lowest BCUT2D eigenvalue weighted by molar-refractivity contribution is -0.151. The molecular formula is C28H32N2O8. The van der Waals surface area contributed by atoms with E-state index >= 15 is 0 Å². The van der Waals surface area contributed by atoms with E-state index in [1.54, 1.807) is 30.0 Å². The predicted octanol–water partition coefficient (Wildman–Crippen LogP) is 2.79. The second kappa shape index (κ2) is 12.0. The molecule has 2 aromatic carbocycles. The Labute approximate surface area is 221 Å². The number of fused-ring (bicyclic) bond motifs is 1. The third kappa shape index (κ3) is 6.07. The molecule has 0 radical (unpaired) electrons. The number of carbonyl (C=O) groups is 4. The minimum Gasteiger partial charge on any atom is -0.493 e. The Balaban J connectivity index is 1.46. The second-order valence-corrected chi connectivity index (χ2v) is 9.25. The van der Waals surface area contributed by atoms with Crippen molar-refractivity contribution in [1.29, 1.82) is 0 Å². The predicted molar refractivity (Wildman–Crippen MR) is 138 cm³/mol. The molecule has 1 atom stereocenters. The Morgan fingerprint density at radius 3 is 2.68 bits per heavy atom. The van der Waals surface area contributed by atoms with Gasteiger partial charge in [-0.25, -0.2) is 0 Å². The van der Waals surface area contributed by atoms with Crippen LogP contribution in [0.25, 0.3) is 0 Å². The van der Waals surface area contributed by atoms with Gasteiger partial charge in [0, 0.05) is 18.7 Å². The number of rotatable bonds is 9. The minimum absolute atomic E-state index is 0.213. The molecule has 0 N–H and O–H groups in total. The van der Waals surface area contributed by atoms with Crippen molar-refractivity contribution >= 4 is 29.3 Å². The molecule has 2 aliphatic rings. The fraction of sp³-hybridized carbons (Fsp3) is 0.429. The Hall–Kier alpha value is -4.08. The van der Waals surface area contributed by atoms with Crippen molar-refractivity contribution in [2.24, 2.45) is 5.92 Å². The quantitative estimate of drug-likeness (QED) is 0.364. The number of nitrogens with zero attached hydrogens (tertiary/aromatic N) is 2. The van der Waals surface area contributed by atoms with Crippen LogP contribution in [0.15, 0.2) is 36.4 Å². The van der Waals surface area contributed by atoms with E-state index < -0.39 is 5.91 Å². The molecule has 2 aliphatic heterocycles. The van der Waals surface area contributed by atoms with E-state index in [-0.39, 0.29) is 56.5 Å². The number of anilines is 1. The summed E-state index contributed by atoms with van der Waals surface area (Å²) >= 11 is 0. The summed E-state index contributed by atoms with van der Waals surface area (Å²) in [6.45, 7) is 4.03. The lowest BCUT2D eigenvalue weighted by atomic mass is 9.98. The molecule has 1 saturated heterocycles. The smallest absolute Gasteiger partial charge is 0.310 e. The van der Waals surface area contributed by atoms with Gasteiger partial charge in [0.05, 0.1) is 25.3 Å². The first-order chi connectivity index (χ1) is 18.3. The van der Waals surface area contributed by atoms with Crippen LogP contribution < -0.4 is 19.1 Å². The van der Waals surface area contributed by atoms with Crippen LogP contribution in [0.4, 0.5) is 5.69 Å². The van der Waals surface area contributed by atoms with Gasteiger partial charge < -0.3 is 23.8 Å². The van der Waals surface area contributed by atoms with Gasteiger partial charge in [-0.05, 0) is 62.6 Å². The van der Waals surface area contributed by atoms with Gasteiger partial charge in [0.1, 0.15) is 12.3 Å². The number of ketones is 1. The highest BCUT2D eigenvalue weighted by Gasteiger charge is 2.33. The number of likely N-dealkylation sites (tertiary alicyclic amines) is 1. The number of ether oxygens (including phenoxy) is 4. The number of Topliss-reactive ketones (excluding diaryl/α,β-unsaturated/α-hetero) is 1. The molecule has 0 aliphatic carbocycles. The van der Waals surface area contributed by atoms with Gasteiger partial charge in [0.15, 0.2) is 30.5 Å². The standard InChI is InChI=1S/C28H32N2O8/c1-4-36-28(34)20-6-5-11-29(14-20)26(32)15-30-21-13-19(8-10-23(21)38-17-27(30)33)22(31)16-37-24-9-7-18(2)12-25(24)35-3/h7-10,12-13,20H,4-6,11,14-17H2,1-3H3/t20-/m1/s1. The topological polar surface area (TPSA) is 112 Å². The minimum atomic E-state index is -0.393. The highest BCUT2D eigenvalue weighted by atomic mass is 16.5. The first-order valence-corrected chi connectivity index (χ1v) is 12.6. The maximum Gasteiger partial charge on any atom is 0.310 e. The average molecular weight is 525 g/mol. The normalized spacial score (nSPS) is 16.8. The number of esters is 1. The van der Waals surface area contributed by atoms with E-state index in [2.05, 4.69) is 0 Å². The van der Waals surface area contributed by atoms with Crippen LogP contribution in [0.2, 0.25) is 0 Å². The largest absolute Gasteiger partial charge is 0.493 e. The molecule has 4 rings (SSSR count). The SMILES string of the molecule is CCOC(=O)[C@@H]1CCCN(C(=O)CN2C(=O)COc3ccc(C(=O)COc4ccc(C)cc4OC)cc32)C1. The van der Waals surface area contributed by atoms with Crippen LogP contribution in [0.3, 0.4) is 0 Å². The van der Waals surface area contributed by atoms with E-state index in [0.29, 0.717) is 47.9 Å². The third-order valence-corrected chi connectivity index (χ3v) is 6.59. The van der Waals surface area contributed by atoms with E-state index in [9.17, 15) is 19.2 Å². The van der Waals surface area contributed by atoms with Gasteiger partial charge >= 0.3 is 5.97 Å². The average Bonchev–Trinajstić information content (AvgIpc) is 2.93. The fourth-order valence-electron chi connectivity index (χ4n) is 4.56. The van der Waals surface area contributed by atoms with Gasteiger partial charge in [-0.1, -0.05) is 6.07 Å². The Morgan fingerprint density at radius 2 is 1.92 bits per heavy atom. The molecule has 0 unspecified atom stereocenters. The molecule has 0 bridgehead atoms. The molecule has 1 fully saturated rings. The van der Waals surface area contributed by atoms with Crippen LogP contribution in [-0.2, 0) is 19.1 Å². The lowest BCUT2D eigenvalue weighted by Crippen LogP contribution is -2.49. The Morgan fingerprint density at radius 1 is 1.11 bits per heavy atom. The molecule has 0 aromatic heterocycles. The molecule has 10 heteroatoms. The summed E-state index contributed by atoms with van der Waals surface area (Å²) < 4.78 is 21.7. The van der Waals surface area contributed by atoms with Gasteiger partial charge in [0.25, 0.3) is 5.91 Å². The number of benzene rings is 2. The maximum absolute atomic E-state index is 13.2. The van der Waals surface area contributed by atoms with Crippen LogP contribution in [-0.4, -0.2) is 75.0 Å². The zero-order chi connectivity index (χ0) is 27.2. The number of piperidine rings is 1. The van der Waals surface area contributed by atoms with Crippen LogP contribution in [0.5, 0.6) is 17.2 Å². The van der Waals surface area contributed by atoms with Crippen molar-refractivity contribution < 1.29 is 38.1 Å². The van der Waals surface area contributed by atoms with Crippen molar-refractivity contribution in [2.75, 3.05) is 51.5 Å². The third-order valence-electron chi connectivity index (χ3n) is 6.59. The van der Waals surface area contributed by atoms with E-state index in [1.165, 1.54) is 18.1 Å². The van der Waals surface area contributed by atoms with Crippen molar-refractivity contribution in [1.82, 2.24) is 4.90 Å². The van der Waals surface area contributed by atoms with E-state index in [1.807, 2.05) is 19.1 Å². The molecule has 38 heavy (non-hydrogen) atoms. The van der Waals surface area contributed by atoms with Gasteiger partial charge in [-0.3, -0.25) is 24.1 Å². The molecule has 2 aromatic rings. The summed E-state index contributed by atoms with van der Waals surface area (Å²) in [4.78, 5) is 54.0. The second-order valence-electron chi connectivity index (χ2n) is 9.25. The monoisotopic (exact) mass is 524 g/mol. The number of carbonyl (C=O) groups excluding carboxylic acids is 4. The highest BCUT2D eigenvalue weighted by Crippen LogP contribution is 2.34. The van der Waals surface area contributed by atoms with Gasteiger partial charge in [0.2, 0.25) is 5.91 Å². The zero-order valence-corrected chi connectivity index (χ0v) is 21.9. The van der Waals surface area contributed by atoms with Crippen LogP contribution in [0.1, 0.15) is 35.7 Å². The first kappa shape index (κ1) is 27.0. The van der Waals surface area contributed by atoms with E-state index in [4.69, 9.17) is 18.9 Å². The van der Waals surface area contributed by atoms with Crippen LogP contribution >= 0.6 is 0 Å². The lowest BCUT2D eigenvalue weighted by Gasteiger charge is -2.34. The number of amides is 2. The van der Waals surface area contributed by atoms with Gasteiger partial charge in [-0.2, -0.15) is 0 Å². The molecule has 0 spiro atoms. The molecule has 10 nitrogen and oxygen atoms in total. The summed E-state index contributed by atoms with van der Waals surface area (Å²) in [5.41, 5.74) is 1.65. The number of methoxy groups -OCH3 is 1. The van der Waals surface area contributed by atoms with Gasteiger partial charge in [-0.15, -0.1) is 0 Å². The van der Waals surface area contributed by atoms with Crippen molar-refractivity contribution in [3.63, 3.8) is 0 Å². The van der Waals surface area contributed by atoms with Crippen molar-refractivity contribution in [3.05, 3.63) is 47.5 Å². The number of hydrogen-bond donors (Lipinski definition) is 0. The molecule has 2 heterocycles. The van der Waals surface area contributed by atoms with Crippen molar-refractivity contribution in [2.45, 2.75) is 26.7 Å². The van der Waals surface area contributed by atoms with Crippen molar-refractivity contribution in [3.8, 4) is 17.2 Å². The summed E-state index contributed by atoms with van der Waals surface area (Å²) in [6, 6.07) is 10.2. The summed E-state index contributed by atoms with van der Waals surface area (Å²) in [5, 5.41) is 0. The Bertz CT molecular complexity index is 1230. The molecular weight excluding hydrogens is 492 g/mol. The van der Waals surface area contributed by atoms with E-state index in [0.717, 1.165) is 5.56 Å².